The highest BCUT2D eigenvalue weighted by Crippen LogP contribution is 2.28. The third-order valence-electron chi connectivity index (χ3n) is 4.75. The van der Waals surface area contributed by atoms with Crippen LogP contribution in [-0.2, 0) is 11.2 Å². The zero-order chi connectivity index (χ0) is 16.9. The lowest BCUT2D eigenvalue weighted by Gasteiger charge is -2.40. The normalized spacial score (nSPS) is 22.0. The Hall–Kier alpha value is -1.71. The van der Waals surface area contributed by atoms with Gasteiger partial charge in [-0.05, 0) is 30.5 Å². The first-order chi connectivity index (χ1) is 11.6. The van der Waals surface area contributed by atoms with E-state index >= 15 is 0 Å². The molecule has 0 N–H and O–H groups in total. The molecule has 2 heterocycles. The molecule has 1 aromatic heterocycles. The largest absolute Gasteiger partial charge is 0.367 e. The Balaban J connectivity index is 1.67. The topological polar surface area (TPSA) is 25.4 Å². The highest BCUT2D eigenvalue weighted by atomic mass is 16.5. The lowest BCUT2D eigenvalue weighted by Crippen LogP contribution is -2.46. The molecular formula is C21H28N2O. The van der Waals surface area contributed by atoms with Crippen LogP contribution in [0.1, 0.15) is 36.9 Å². The van der Waals surface area contributed by atoms with Crippen LogP contribution in [0.3, 0.4) is 0 Å². The molecule has 1 aromatic carbocycles. The molecule has 0 aliphatic carbocycles. The summed E-state index contributed by atoms with van der Waals surface area (Å²) in [4.78, 5) is 7.17. The van der Waals surface area contributed by atoms with E-state index < -0.39 is 0 Å². The van der Waals surface area contributed by atoms with Crippen LogP contribution >= 0.6 is 0 Å². The SMILES string of the molecule is Cc1cccc(CCN2C[C@@H](c3ccccc3)O[C@@H](C(C)C)C2)n1. The molecule has 3 heteroatoms. The molecule has 1 aliphatic rings. The van der Waals surface area contributed by atoms with Gasteiger partial charge in [-0.3, -0.25) is 9.88 Å². The van der Waals surface area contributed by atoms with Crippen LogP contribution in [0.25, 0.3) is 0 Å². The average molecular weight is 324 g/mol. The highest BCUT2D eigenvalue weighted by molar-refractivity contribution is 5.18. The summed E-state index contributed by atoms with van der Waals surface area (Å²) in [6.07, 6.45) is 1.45. The Bertz CT molecular complexity index is 641. The number of hydrogen-bond donors (Lipinski definition) is 0. The van der Waals surface area contributed by atoms with E-state index in [2.05, 4.69) is 79.2 Å². The second kappa shape index (κ2) is 7.91. The highest BCUT2D eigenvalue weighted by Gasteiger charge is 2.30. The number of ether oxygens (including phenoxy) is 1. The fourth-order valence-corrected chi connectivity index (χ4v) is 3.27. The third kappa shape index (κ3) is 4.43. The fraction of sp³-hybridized carbons (Fsp3) is 0.476. The van der Waals surface area contributed by atoms with Gasteiger partial charge in [0.05, 0.1) is 12.2 Å². The van der Waals surface area contributed by atoms with Crippen molar-refractivity contribution in [1.82, 2.24) is 9.88 Å². The van der Waals surface area contributed by atoms with E-state index in [4.69, 9.17) is 4.74 Å². The molecule has 0 bridgehead atoms. The Kier molecular flexibility index (Phi) is 5.64. The molecule has 1 saturated heterocycles. The number of benzene rings is 1. The fourth-order valence-electron chi connectivity index (χ4n) is 3.27. The minimum Gasteiger partial charge on any atom is -0.367 e. The standard InChI is InChI=1S/C21H28N2O/c1-16(2)20-14-23(13-12-19-11-7-8-17(3)22-19)15-21(24-20)18-9-5-4-6-10-18/h4-11,16,20-21H,12-15H2,1-3H3/t20-,21+/m1/s1. The zero-order valence-corrected chi connectivity index (χ0v) is 15.0. The Morgan fingerprint density at radius 3 is 2.58 bits per heavy atom. The second-order valence-electron chi connectivity index (χ2n) is 7.10. The number of pyridine rings is 1. The summed E-state index contributed by atoms with van der Waals surface area (Å²) in [6, 6.07) is 16.9. The van der Waals surface area contributed by atoms with Gasteiger partial charge >= 0.3 is 0 Å². The molecule has 0 saturated carbocycles. The maximum absolute atomic E-state index is 6.38. The molecule has 0 amide bonds. The molecule has 0 unspecified atom stereocenters. The number of morpholine rings is 1. The van der Waals surface area contributed by atoms with Crippen molar-refractivity contribution in [3.05, 3.63) is 65.5 Å². The van der Waals surface area contributed by atoms with Gasteiger partial charge in [-0.15, -0.1) is 0 Å². The van der Waals surface area contributed by atoms with Crippen LogP contribution < -0.4 is 0 Å². The number of nitrogens with zero attached hydrogens (tertiary/aromatic N) is 2. The zero-order valence-electron chi connectivity index (χ0n) is 15.0. The maximum Gasteiger partial charge on any atom is 0.0956 e. The molecule has 0 spiro atoms. The first-order valence-corrected chi connectivity index (χ1v) is 8.97. The summed E-state index contributed by atoms with van der Waals surface area (Å²) in [5.41, 5.74) is 3.55. The lowest BCUT2D eigenvalue weighted by molar-refractivity contribution is -0.105. The van der Waals surface area contributed by atoms with Crippen LogP contribution in [0, 0.1) is 12.8 Å². The molecule has 3 nitrogen and oxygen atoms in total. The predicted molar refractivity (Wildman–Crippen MR) is 98.0 cm³/mol. The molecule has 2 aromatic rings. The van der Waals surface area contributed by atoms with Crippen LogP contribution in [0.4, 0.5) is 0 Å². The minimum absolute atomic E-state index is 0.165. The van der Waals surface area contributed by atoms with Gasteiger partial charge in [0.1, 0.15) is 0 Å². The molecule has 2 atom stereocenters. The lowest BCUT2D eigenvalue weighted by atomic mass is 10.0. The summed E-state index contributed by atoms with van der Waals surface area (Å²) >= 11 is 0. The van der Waals surface area contributed by atoms with Gasteiger partial charge in [-0.2, -0.15) is 0 Å². The van der Waals surface area contributed by atoms with Crippen molar-refractivity contribution in [1.29, 1.82) is 0 Å². The van der Waals surface area contributed by atoms with Crippen molar-refractivity contribution >= 4 is 0 Å². The van der Waals surface area contributed by atoms with Crippen molar-refractivity contribution in [2.75, 3.05) is 19.6 Å². The van der Waals surface area contributed by atoms with Gasteiger partial charge in [-0.25, -0.2) is 0 Å². The predicted octanol–water partition coefficient (Wildman–Crippen LogP) is 4.03. The molecular weight excluding hydrogens is 296 g/mol. The quantitative estimate of drug-likeness (QED) is 0.830. The number of rotatable bonds is 5. The van der Waals surface area contributed by atoms with E-state index in [0.717, 1.165) is 31.7 Å². The van der Waals surface area contributed by atoms with Crippen molar-refractivity contribution in [3.8, 4) is 0 Å². The molecule has 1 aliphatic heterocycles. The maximum atomic E-state index is 6.38. The van der Waals surface area contributed by atoms with Crippen LogP contribution in [0.2, 0.25) is 0 Å². The van der Waals surface area contributed by atoms with E-state index in [9.17, 15) is 0 Å². The van der Waals surface area contributed by atoms with Crippen molar-refractivity contribution < 1.29 is 4.74 Å². The summed E-state index contributed by atoms with van der Waals surface area (Å²) in [5, 5.41) is 0. The summed E-state index contributed by atoms with van der Waals surface area (Å²) in [5.74, 6) is 0.524. The summed E-state index contributed by atoms with van der Waals surface area (Å²) in [6.45, 7) is 9.55. The van der Waals surface area contributed by atoms with E-state index in [0.29, 0.717) is 5.92 Å². The van der Waals surface area contributed by atoms with E-state index in [1.165, 1.54) is 11.3 Å². The number of aryl methyl sites for hydroxylation is 1. The number of aromatic nitrogens is 1. The van der Waals surface area contributed by atoms with E-state index in [1.807, 2.05) is 0 Å². The van der Waals surface area contributed by atoms with Crippen molar-refractivity contribution in [3.63, 3.8) is 0 Å². The van der Waals surface area contributed by atoms with Crippen molar-refractivity contribution in [2.24, 2.45) is 5.92 Å². The van der Waals surface area contributed by atoms with Crippen LogP contribution in [0.15, 0.2) is 48.5 Å². The summed E-state index contributed by atoms with van der Waals surface area (Å²) < 4.78 is 6.38. The van der Waals surface area contributed by atoms with Gasteiger partial charge in [-0.1, -0.05) is 50.2 Å². The Labute approximate surface area is 145 Å². The van der Waals surface area contributed by atoms with Gasteiger partial charge < -0.3 is 4.74 Å². The Morgan fingerprint density at radius 1 is 1.08 bits per heavy atom. The molecule has 1 fully saturated rings. The average Bonchev–Trinajstić information content (AvgIpc) is 2.60. The Morgan fingerprint density at radius 2 is 1.88 bits per heavy atom. The van der Waals surface area contributed by atoms with E-state index in [-0.39, 0.29) is 12.2 Å². The molecule has 3 rings (SSSR count). The minimum atomic E-state index is 0.165. The molecule has 128 valence electrons. The third-order valence-corrected chi connectivity index (χ3v) is 4.75. The number of hydrogen-bond acceptors (Lipinski definition) is 3. The van der Waals surface area contributed by atoms with Gasteiger partial charge in [0.25, 0.3) is 0 Å². The molecule has 24 heavy (non-hydrogen) atoms. The van der Waals surface area contributed by atoms with Gasteiger partial charge in [0, 0.05) is 37.4 Å². The molecule has 0 radical (unpaired) electrons. The first-order valence-electron chi connectivity index (χ1n) is 8.97. The van der Waals surface area contributed by atoms with Gasteiger partial charge in [0.15, 0.2) is 0 Å². The monoisotopic (exact) mass is 324 g/mol. The summed E-state index contributed by atoms with van der Waals surface area (Å²) in [7, 11) is 0. The first kappa shape index (κ1) is 17.1. The van der Waals surface area contributed by atoms with Crippen LogP contribution in [-0.4, -0.2) is 35.6 Å². The van der Waals surface area contributed by atoms with Crippen LogP contribution in [0.5, 0.6) is 0 Å². The smallest absolute Gasteiger partial charge is 0.0956 e. The van der Waals surface area contributed by atoms with Crippen molar-refractivity contribution in [2.45, 2.75) is 39.4 Å². The van der Waals surface area contributed by atoms with Gasteiger partial charge in [0.2, 0.25) is 0 Å². The van der Waals surface area contributed by atoms with E-state index in [1.54, 1.807) is 0 Å². The second-order valence-corrected chi connectivity index (χ2v) is 7.10.